The Hall–Kier alpha value is -2.71. The predicted molar refractivity (Wildman–Crippen MR) is 108 cm³/mol. The predicted octanol–water partition coefficient (Wildman–Crippen LogP) is 2.36. The summed E-state index contributed by atoms with van der Waals surface area (Å²) in [4.78, 5) is 17.2. The topological polar surface area (TPSA) is 92.6 Å². The van der Waals surface area contributed by atoms with Gasteiger partial charge in [-0.05, 0) is 56.0 Å². The summed E-state index contributed by atoms with van der Waals surface area (Å²) in [5.74, 6) is 0. The number of pyridine rings is 1. The number of hydrogen-bond donors (Lipinski definition) is 2. The van der Waals surface area contributed by atoms with Gasteiger partial charge in [-0.3, -0.25) is 9.20 Å². The van der Waals surface area contributed by atoms with Gasteiger partial charge in [-0.25, -0.2) is 18.1 Å². The smallest absolute Gasteiger partial charge is 0.258 e. The molecular weight excluding hydrogens is 376 g/mol. The zero-order valence-corrected chi connectivity index (χ0v) is 16.6. The molecule has 4 rings (SSSR count). The molecule has 0 saturated heterocycles. The number of benzene rings is 1. The van der Waals surface area contributed by atoms with Gasteiger partial charge in [0, 0.05) is 24.0 Å². The molecule has 1 fully saturated rings. The van der Waals surface area contributed by atoms with E-state index in [1.807, 2.05) is 25.1 Å². The van der Waals surface area contributed by atoms with Crippen LogP contribution < -0.4 is 15.6 Å². The van der Waals surface area contributed by atoms with Crippen LogP contribution >= 0.6 is 0 Å². The molecule has 2 aromatic heterocycles. The van der Waals surface area contributed by atoms with Crippen LogP contribution in [0.1, 0.15) is 29.7 Å². The maximum absolute atomic E-state index is 12.6. The third-order valence-corrected chi connectivity index (χ3v) is 6.54. The molecule has 3 aromatic rings. The Morgan fingerprint density at radius 3 is 2.71 bits per heavy atom. The van der Waals surface area contributed by atoms with Gasteiger partial charge in [-0.2, -0.15) is 0 Å². The van der Waals surface area contributed by atoms with Gasteiger partial charge >= 0.3 is 0 Å². The number of aryl methyl sites for hydroxylation is 1. The van der Waals surface area contributed by atoms with Crippen molar-refractivity contribution in [1.29, 1.82) is 0 Å². The van der Waals surface area contributed by atoms with E-state index in [2.05, 4.69) is 15.0 Å². The van der Waals surface area contributed by atoms with Crippen LogP contribution in [0.5, 0.6) is 0 Å². The summed E-state index contributed by atoms with van der Waals surface area (Å²) in [7, 11) is -3.53. The number of sulfonamides is 1. The molecule has 0 spiro atoms. The van der Waals surface area contributed by atoms with Gasteiger partial charge in [-0.15, -0.1) is 0 Å². The van der Waals surface area contributed by atoms with Crippen molar-refractivity contribution >= 4 is 21.4 Å². The summed E-state index contributed by atoms with van der Waals surface area (Å²) in [5.41, 5.74) is 3.33. The number of hydrogen-bond acceptors (Lipinski definition) is 5. The lowest BCUT2D eigenvalue weighted by Crippen LogP contribution is -2.26. The molecule has 2 heterocycles. The van der Waals surface area contributed by atoms with Crippen LogP contribution in [0.2, 0.25) is 0 Å². The molecule has 0 radical (unpaired) electrons. The van der Waals surface area contributed by atoms with Crippen molar-refractivity contribution in [1.82, 2.24) is 14.1 Å². The SMILES string of the molecule is Cc1c(NCc2cc(=O)n3cccc(C)c3n2)cccc1S(=O)(=O)NC1CC1. The van der Waals surface area contributed by atoms with Crippen molar-refractivity contribution in [2.75, 3.05) is 5.32 Å². The number of anilines is 1. The van der Waals surface area contributed by atoms with Gasteiger partial charge in [-0.1, -0.05) is 12.1 Å². The van der Waals surface area contributed by atoms with E-state index in [9.17, 15) is 13.2 Å². The van der Waals surface area contributed by atoms with Crippen molar-refractivity contribution in [2.45, 2.75) is 44.2 Å². The largest absolute Gasteiger partial charge is 0.379 e. The quantitative estimate of drug-likeness (QED) is 0.665. The molecule has 1 aliphatic rings. The van der Waals surface area contributed by atoms with Crippen LogP contribution in [-0.4, -0.2) is 23.8 Å². The first-order valence-corrected chi connectivity index (χ1v) is 10.7. The standard InChI is InChI=1S/C20H22N4O3S/c1-13-5-4-10-24-19(25)11-16(22-20(13)24)12-21-17-6-3-7-18(14(17)2)28(26,27)23-15-8-9-15/h3-7,10-11,15,21,23H,8-9,12H2,1-2H3. The van der Waals surface area contributed by atoms with Gasteiger partial charge in [0.15, 0.2) is 0 Å². The van der Waals surface area contributed by atoms with Crippen molar-refractivity contribution in [2.24, 2.45) is 0 Å². The highest BCUT2D eigenvalue weighted by molar-refractivity contribution is 7.89. The van der Waals surface area contributed by atoms with Crippen molar-refractivity contribution < 1.29 is 8.42 Å². The fourth-order valence-electron chi connectivity index (χ4n) is 3.17. The van der Waals surface area contributed by atoms with Gasteiger partial charge in [0.25, 0.3) is 5.56 Å². The lowest BCUT2D eigenvalue weighted by Gasteiger charge is -2.14. The lowest BCUT2D eigenvalue weighted by atomic mass is 10.2. The molecule has 1 saturated carbocycles. The monoisotopic (exact) mass is 398 g/mol. The first-order chi connectivity index (χ1) is 13.3. The second-order valence-corrected chi connectivity index (χ2v) is 8.83. The Labute approximate surface area is 163 Å². The van der Waals surface area contributed by atoms with Crippen LogP contribution in [-0.2, 0) is 16.6 Å². The minimum Gasteiger partial charge on any atom is -0.379 e. The molecule has 0 amide bonds. The normalized spacial score (nSPS) is 14.4. The van der Waals surface area contributed by atoms with Crippen LogP contribution in [0, 0.1) is 13.8 Å². The fourth-order valence-corrected chi connectivity index (χ4v) is 4.74. The maximum Gasteiger partial charge on any atom is 0.258 e. The highest BCUT2D eigenvalue weighted by atomic mass is 32.2. The second-order valence-electron chi connectivity index (χ2n) is 7.15. The molecule has 8 heteroatoms. The summed E-state index contributed by atoms with van der Waals surface area (Å²) in [5, 5.41) is 3.22. The van der Waals surface area contributed by atoms with E-state index in [1.54, 1.807) is 25.3 Å². The maximum atomic E-state index is 12.6. The van der Waals surface area contributed by atoms with Crippen LogP contribution in [0.25, 0.3) is 5.65 Å². The van der Waals surface area contributed by atoms with Gasteiger partial charge in [0.1, 0.15) is 5.65 Å². The average Bonchev–Trinajstić information content (AvgIpc) is 3.45. The summed E-state index contributed by atoms with van der Waals surface area (Å²) in [6, 6.07) is 10.4. The van der Waals surface area contributed by atoms with Crippen LogP contribution in [0.4, 0.5) is 5.69 Å². The molecule has 0 bridgehead atoms. The fraction of sp³-hybridized carbons (Fsp3) is 0.300. The molecule has 1 aliphatic carbocycles. The average molecular weight is 398 g/mol. The Morgan fingerprint density at radius 2 is 1.96 bits per heavy atom. The zero-order chi connectivity index (χ0) is 19.9. The minimum absolute atomic E-state index is 0.0547. The lowest BCUT2D eigenvalue weighted by molar-refractivity contribution is 0.580. The Bertz CT molecular complexity index is 1210. The molecular formula is C20H22N4O3S. The van der Waals surface area contributed by atoms with Crippen molar-refractivity contribution in [3.8, 4) is 0 Å². The molecule has 28 heavy (non-hydrogen) atoms. The second kappa shape index (κ2) is 7.03. The molecule has 0 unspecified atom stereocenters. The van der Waals surface area contributed by atoms with E-state index in [4.69, 9.17) is 0 Å². The van der Waals surface area contributed by atoms with E-state index in [-0.39, 0.29) is 16.5 Å². The molecule has 7 nitrogen and oxygen atoms in total. The first kappa shape index (κ1) is 18.6. The molecule has 146 valence electrons. The first-order valence-electron chi connectivity index (χ1n) is 9.19. The number of fused-ring (bicyclic) bond motifs is 1. The van der Waals surface area contributed by atoms with E-state index in [0.29, 0.717) is 29.1 Å². The highest BCUT2D eigenvalue weighted by Crippen LogP contribution is 2.27. The van der Waals surface area contributed by atoms with Crippen molar-refractivity contribution in [3.05, 3.63) is 69.8 Å². The third-order valence-electron chi connectivity index (χ3n) is 4.87. The summed E-state index contributed by atoms with van der Waals surface area (Å²) in [6.45, 7) is 4.00. The molecule has 0 atom stereocenters. The zero-order valence-electron chi connectivity index (χ0n) is 15.8. The van der Waals surface area contributed by atoms with E-state index in [1.165, 1.54) is 10.5 Å². The number of nitrogens with zero attached hydrogens (tertiary/aromatic N) is 2. The molecule has 0 aliphatic heterocycles. The van der Waals surface area contributed by atoms with Crippen molar-refractivity contribution in [3.63, 3.8) is 0 Å². The van der Waals surface area contributed by atoms with Gasteiger partial charge in [0.05, 0.1) is 17.1 Å². The number of nitrogens with one attached hydrogen (secondary N) is 2. The van der Waals surface area contributed by atoms with E-state index < -0.39 is 10.0 Å². The van der Waals surface area contributed by atoms with Crippen LogP contribution in [0.3, 0.4) is 0 Å². The Kier molecular flexibility index (Phi) is 4.68. The van der Waals surface area contributed by atoms with Crippen LogP contribution in [0.15, 0.2) is 52.3 Å². The summed E-state index contributed by atoms with van der Waals surface area (Å²) in [6.07, 6.45) is 3.47. The molecule has 2 N–H and O–H groups in total. The molecule has 1 aromatic carbocycles. The van der Waals surface area contributed by atoms with Gasteiger partial charge in [0.2, 0.25) is 10.0 Å². The summed E-state index contributed by atoms with van der Waals surface area (Å²) < 4.78 is 29.4. The summed E-state index contributed by atoms with van der Waals surface area (Å²) >= 11 is 0. The minimum atomic E-state index is -3.53. The third kappa shape index (κ3) is 3.65. The van der Waals surface area contributed by atoms with E-state index >= 15 is 0 Å². The number of aromatic nitrogens is 2. The Morgan fingerprint density at radius 1 is 1.18 bits per heavy atom. The van der Waals surface area contributed by atoms with E-state index in [0.717, 1.165) is 18.4 Å². The Balaban J connectivity index is 1.60. The number of rotatable bonds is 6. The van der Waals surface area contributed by atoms with Gasteiger partial charge < -0.3 is 5.32 Å². The highest BCUT2D eigenvalue weighted by Gasteiger charge is 2.29.